The maximum atomic E-state index is 9.66. The van der Waals surface area contributed by atoms with E-state index in [-0.39, 0.29) is 12.4 Å². The van der Waals surface area contributed by atoms with Crippen LogP contribution in [-0.2, 0) is 6.54 Å². The molecule has 1 aromatic carbocycles. The van der Waals surface area contributed by atoms with Crippen molar-refractivity contribution in [1.82, 2.24) is 5.32 Å². The van der Waals surface area contributed by atoms with Crippen LogP contribution in [0.2, 0.25) is 0 Å². The fourth-order valence-electron chi connectivity index (χ4n) is 1.62. The normalized spacial score (nSPS) is 19.4. The molecule has 2 rings (SSSR count). The lowest BCUT2D eigenvalue weighted by Gasteiger charge is -2.22. The van der Waals surface area contributed by atoms with Crippen molar-refractivity contribution in [3.05, 3.63) is 29.3 Å². The summed E-state index contributed by atoms with van der Waals surface area (Å²) in [5.74, 6) is 0.805. The highest BCUT2D eigenvalue weighted by Gasteiger charge is 2.17. The average Bonchev–Trinajstić information content (AvgIpc) is 2.18. The van der Waals surface area contributed by atoms with E-state index in [1.807, 2.05) is 18.2 Å². The van der Waals surface area contributed by atoms with Crippen LogP contribution in [0.1, 0.15) is 17.2 Å². The fraction of sp³-hybridized carbons (Fsp3) is 0.400. The van der Waals surface area contributed by atoms with Crippen LogP contribution in [0.5, 0.6) is 5.75 Å². The molecule has 1 aromatic rings. The molecule has 0 saturated heterocycles. The summed E-state index contributed by atoms with van der Waals surface area (Å²) in [7, 11) is 1.63. The van der Waals surface area contributed by atoms with E-state index in [1.54, 1.807) is 7.11 Å². The smallest absolute Gasteiger partial charge is 0.119 e. The maximum Gasteiger partial charge on any atom is 0.119 e. The van der Waals surface area contributed by atoms with Crippen molar-refractivity contribution in [2.75, 3.05) is 13.7 Å². The lowest BCUT2D eigenvalue weighted by molar-refractivity contribution is 0.164. The minimum Gasteiger partial charge on any atom is -0.497 e. The van der Waals surface area contributed by atoms with Gasteiger partial charge in [0.2, 0.25) is 0 Å². The predicted molar refractivity (Wildman–Crippen MR) is 56.9 cm³/mol. The molecule has 2 N–H and O–H groups in total. The number of hydrogen-bond donors (Lipinski definition) is 2. The van der Waals surface area contributed by atoms with Gasteiger partial charge >= 0.3 is 0 Å². The van der Waals surface area contributed by atoms with Crippen LogP contribution in [0.15, 0.2) is 18.2 Å². The second-order valence-corrected chi connectivity index (χ2v) is 3.21. The molecule has 1 unspecified atom stereocenters. The van der Waals surface area contributed by atoms with Crippen molar-refractivity contribution in [3.8, 4) is 5.75 Å². The van der Waals surface area contributed by atoms with Gasteiger partial charge in [0.15, 0.2) is 0 Å². The predicted octanol–water partition coefficient (Wildman–Crippen LogP) is 1.25. The first-order valence-corrected chi connectivity index (χ1v) is 4.37. The van der Waals surface area contributed by atoms with Crippen molar-refractivity contribution < 1.29 is 9.84 Å². The van der Waals surface area contributed by atoms with Gasteiger partial charge in [-0.25, -0.2) is 0 Å². The molecule has 1 aliphatic heterocycles. The Morgan fingerprint density at radius 1 is 1.50 bits per heavy atom. The monoisotopic (exact) mass is 215 g/mol. The molecule has 0 saturated carbocycles. The van der Waals surface area contributed by atoms with Crippen LogP contribution in [-0.4, -0.2) is 18.8 Å². The summed E-state index contributed by atoms with van der Waals surface area (Å²) < 4.78 is 5.10. The molecule has 14 heavy (non-hydrogen) atoms. The standard InChI is InChI=1S/C10H13NO2.ClH/c1-13-8-3-2-7-5-11-6-10(12)9(7)4-8;/h2-4,10-12H,5-6H2,1H3;1H. The number of aliphatic hydroxyl groups excluding tert-OH is 1. The minimum absolute atomic E-state index is 0. The summed E-state index contributed by atoms with van der Waals surface area (Å²) in [6, 6.07) is 5.81. The minimum atomic E-state index is -0.404. The molecule has 78 valence electrons. The highest BCUT2D eigenvalue weighted by atomic mass is 35.5. The summed E-state index contributed by atoms with van der Waals surface area (Å²) in [4.78, 5) is 0. The Morgan fingerprint density at radius 3 is 3.00 bits per heavy atom. The Kier molecular flexibility index (Phi) is 3.75. The van der Waals surface area contributed by atoms with Gasteiger partial charge in [-0.3, -0.25) is 0 Å². The van der Waals surface area contributed by atoms with Gasteiger partial charge in [-0.05, 0) is 23.3 Å². The van der Waals surface area contributed by atoms with Crippen molar-refractivity contribution >= 4 is 12.4 Å². The van der Waals surface area contributed by atoms with Crippen LogP contribution in [0.4, 0.5) is 0 Å². The van der Waals surface area contributed by atoms with Crippen LogP contribution >= 0.6 is 12.4 Å². The van der Waals surface area contributed by atoms with Gasteiger partial charge < -0.3 is 15.2 Å². The molecule has 3 nitrogen and oxygen atoms in total. The van der Waals surface area contributed by atoms with Crippen LogP contribution in [0.3, 0.4) is 0 Å². The third-order valence-corrected chi connectivity index (χ3v) is 2.37. The third-order valence-electron chi connectivity index (χ3n) is 2.37. The molecule has 1 atom stereocenters. The molecular formula is C10H14ClNO2. The third kappa shape index (κ3) is 2.00. The number of β-amino-alcohol motifs (C(OH)–C–C–N with tert-alkyl or cyclic N) is 1. The first-order valence-electron chi connectivity index (χ1n) is 4.37. The summed E-state index contributed by atoms with van der Waals surface area (Å²) in [5.41, 5.74) is 2.14. The molecule has 4 heteroatoms. The molecule has 1 aliphatic rings. The first-order chi connectivity index (χ1) is 6.31. The van der Waals surface area contributed by atoms with Gasteiger partial charge in [-0.1, -0.05) is 6.07 Å². The number of aliphatic hydroxyl groups is 1. The highest BCUT2D eigenvalue weighted by Crippen LogP contribution is 2.25. The van der Waals surface area contributed by atoms with E-state index in [1.165, 1.54) is 0 Å². The van der Waals surface area contributed by atoms with E-state index in [2.05, 4.69) is 5.32 Å². The van der Waals surface area contributed by atoms with E-state index in [0.717, 1.165) is 23.4 Å². The van der Waals surface area contributed by atoms with E-state index >= 15 is 0 Å². The molecule has 0 aromatic heterocycles. The number of ether oxygens (including phenoxy) is 1. The van der Waals surface area contributed by atoms with Gasteiger partial charge in [0.25, 0.3) is 0 Å². The zero-order valence-corrected chi connectivity index (χ0v) is 8.80. The summed E-state index contributed by atoms with van der Waals surface area (Å²) in [6.45, 7) is 1.45. The SMILES string of the molecule is COc1ccc2c(c1)C(O)CNC2.Cl. The fourth-order valence-corrected chi connectivity index (χ4v) is 1.62. The quantitative estimate of drug-likeness (QED) is 0.741. The Balaban J connectivity index is 0.000000980. The summed E-state index contributed by atoms with van der Waals surface area (Å²) in [5, 5.41) is 12.8. The van der Waals surface area contributed by atoms with E-state index in [0.29, 0.717) is 6.54 Å². The van der Waals surface area contributed by atoms with Gasteiger partial charge in [-0.15, -0.1) is 12.4 Å². The Morgan fingerprint density at radius 2 is 2.29 bits per heavy atom. The lowest BCUT2D eigenvalue weighted by Crippen LogP contribution is -2.27. The number of rotatable bonds is 1. The molecule has 1 heterocycles. The van der Waals surface area contributed by atoms with Gasteiger partial charge in [0, 0.05) is 13.1 Å². The van der Waals surface area contributed by atoms with Crippen LogP contribution < -0.4 is 10.1 Å². The Labute approximate surface area is 89.5 Å². The Bertz CT molecular complexity index is 317. The average molecular weight is 216 g/mol. The maximum absolute atomic E-state index is 9.66. The first kappa shape index (κ1) is 11.3. The summed E-state index contributed by atoms with van der Waals surface area (Å²) >= 11 is 0. The van der Waals surface area contributed by atoms with Crippen molar-refractivity contribution in [2.24, 2.45) is 0 Å². The van der Waals surface area contributed by atoms with E-state index in [9.17, 15) is 5.11 Å². The number of benzene rings is 1. The zero-order chi connectivity index (χ0) is 9.26. The zero-order valence-electron chi connectivity index (χ0n) is 7.99. The van der Waals surface area contributed by atoms with Crippen LogP contribution in [0, 0.1) is 0 Å². The molecule has 0 spiro atoms. The van der Waals surface area contributed by atoms with Gasteiger partial charge in [-0.2, -0.15) is 0 Å². The molecule has 0 bridgehead atoms. The molecule has 0 amide bonds. The number of nitrogens with one attached hydrogen (secondary N) is 1. The summed E-state index contributed by atoms with van der Waals surface area (Å²) in [6.07, 6.45) is -0.404. The van der Waals surface area contributed by atoms with E-state index < -0.39 is 6.10 Å². The van der Waals surface area contributed by atoms with Crippen molar-refractivity contribution in [2.45, 2.75) is 12.6 Å². The molecular weight excluding hydrogens is 202 g/mol. The molecule has 0 radical (unpaired) electrons. The lowest BCUT2D eigenvalue weighted by atomic mass is 9.98. The largest absolute Gasteiger partial charge is 0.497 e. The second kappa shape index (κ2) is 4.64. The number of hydrogen-bond acceptors (Lipinski definition) is 3. The topological polar surface area (TPSA) is 41.5 Å². The number of halogens is 1. The number of fused-ring (bicyclic) bond motifs is 1. The van der Waals surface area contributed by atoms with Crippen LogP contribution in [0.25, 0.3) is 0 Å². The second-order valence-electron chi connectivity index (χ2n) is 3.21. The van der Waals surface area contributed by atoms with Crippen molar-refractivity contribution in [1.29, 1.82) is 0 Å². The molecule has 0 fully saturated rings. The molecule has 0 aliphatic carbocycles. The highest BCUT2D eigenvalue weighted by molar-refractivity contribution is 5.85. The van der Waals surface area contributed by atoms with Gasteiger partial charge in [0.05, 0.1) is 13.2 Å². The number of methoxy groups -OCH3 is 1. The van der Waals surface area contributed by atoms with Gasteiger partial charge in [0.1, 0.15) is 5.75 Å². The Hall–Kier alpha value is -0.770. The van der Waals surface area contributed by atoms with E-state index in [4.69, 9.17) is 4.74 Å². The van der Waals surface area contributed by atoms with Crippen molar-refractivity contribution in [3.63, 3.8) is 0 Å².